The fourth-order valence-corrected chi connectivity index (χ4v) is 1.12. The van der Waals surface area contributed by atoms with Gasteiger partial charge in [0, 0.05) is 12.0 Å². The summed E-state index contributed by atoms with van der Waals surface area (Å²) in [6, 6.07) is 0.127. The number of allylic oxidation sites excluding steroid dienone is 2. The molecule has 1 nitrogen and oxygen atoms in total. The van der Waals surface area contributed by atoms with Crippen molar-refractivity contribution in [1.29, 1.82) is 0 Å². The predicted octanol–water partition coefficient (Wildman–Crippen LogP) is 1.63. The minimum Gasteiger partial charge on any atom is -0.324 e. The standard InChI is InChI=1S/C9H13N/c1-7(2)8-5-3-4-6-9(8)10/h3-6,8-9H,1,10H2,2H3/t8-,9+/m1/s1. The maximum absolute atomic E-state index is 5.78. The maximum Gasteiger partial charge on any atom is 0.0328 e. The van der Waals surface area contributed by atoms with Gasteiger partial charge >= 0.3 is 0 Å². The zero-order valence-electron chi connectivity index (χ0n) is 6.25. The lowest BCUT2D eigenvalue weighted by atomic mass is 9.90. The first-order chi connectivity index (χ1) is 4.72. The summed E-state index contributed by atoms with van der Waals surface area (Å²) in [5, 5.41) is 0. The molecule has 0 amide bonds. The third-order valence-electron chi connectivity index (χ3n) is 1.75. The van der Waals surface area contributed by atoms with E-state index in [1.54, 1.807) is 0 Å². The molecule has 0 bridgehead atoms. The second kappa shape index (κ2) is 2.84. The second-order valence-electron chi connectivity index (χ2n) is 2.72. The molecular formula is C9H13N. The van der Waals surface area contributed by atoms with E-state index in [9.17, 15) is 0 Å². The van der Waals surface area contributed by atoms with E-state index in [2.05, 4.69) is 12.7 Å². The molecule has 0 heterocycles. The monoisotopic (exact) mass is 135 g/mol. The average Bonchev–Trinajstić information content (AvgIpc) is 1.88. The molecule has 0 saturated carbocycles. The van der Waals surface area contributed by atoms with Crippen LogP contribution in [0.25, 0.3) is 0 Å². The molecule has 10 heavy (non-hydrogen) atoms. The Hall–Kier alpha value is -0.820. The van der Waals surface area contributed by atoms with E-state index in [-0.39, 0.29) is 6.04 Å². The van der Waals surface area contributed by atoms with Crippen molar-refractivity contribution in [1.82, 2.24) is 0 Å². The summed E-state index contributed by atoms with van der Waals surface area (Å²) >= 11 is 0. The van der Waals surface area contributed by atoms with Crippen LogP contribution in [0.3, 0.4) is 0 Å². The van der Waals surface area contributed by atoms with Crippen molar-refractivity contribution in [3.63, 3.8) is 0 Å². The third kappa shape index (κ3) is 1.36. The van der Waals surface area contributed by atoms with Crippen LogP contribution in [0.4, 0.5) is 0 Å². The Morgan fingerprint density at radius 1 is 1.40 bits per heavy atom. The molecule has 2 atom stereocenters. The van der Waals surface area contributed by atoms with E-state index in [4.69, 9.17) is 5.73 Å². The lowest BCUT2D eigenvalue weighted by Crippen LogP contribution is -2.28. The molecule has 0 radical (unpaired) electrons. The Balaban J connectivity index is 2.70. The zero-order valence-corrected chi connectivity index (χ0v) is 6.25. The van der Waals surface area contributed by atoms with E-state index in [0.717, 1.165) is 5.57 Å². The van der Waals surface area contributed by atoms with Crippen LogP contribution >= 0.6 is 0 Å². The molecule has 0 fully saturated rings. The van der Waals surface area contributed by atoms with Crippen LogP contribution in [-0.4, -0.2) is 6.04 Å². The highest BCUT2D eigenvalue weighted by atomic mass is 14.6. The first-order valence-electron chi connectivity index (χ1n) is 3.48. The second-order valence-corrected chi connectivity index (χ2v) is 2.72. The van der Waals surface area contributed by atoms with Gasteiger partial charge < -0.3 is 5.73 Å². The van der Waals surface area contributed by atoms with E-state index in [0.29, 0.717) is 5.92 Å². The highest BCUT2D eigenvalue weighted by Crippen LogP contribution is 2.17. The quantitative estimate of drug-likeness (QED) is 0.543. The molecule has 1 rings (SSSR count). The molecule has 2 N–H and O–H groups in total. The normalized spacial score (nSPS) is 30.6. The molecule has 0 aromatic carbocycles. The first-order valence-corrected chi connectivity index (χ1v) is 3.48. The summed E-state index contributed by atoms with van der Waals surface area (Å²) in [6.45, 7) is 5.87. The highest BCUT2D eigenvalue weighted by Gasteiger charge is 2.13. The average molecular weight is 135 g/mol. The van der Waals surface area contributed by atoms with Crippen LogP contribution in [0.15, 0.2) is 36.5 Å². The molecule has 0 unspecified atom stereocenters. The van der Waals surface area contributed by atoms with Crippen LogP contribution in [0.1, 0.15) is 6.92 Å². The van der Waals surface area contributed by atoms with Crippen molar-refractivity contribution in [2.75, 3.05) is 0 Å². The van der Waals surface area contributed by atoms with E-state index in [1.165, 1.54) is 0 Å². The van der Waals surface area contributed by atoms with Crippen molar-refractivity contribution in [2.45, 2.75) is 13.0 Å². The van der Waals surface area contributed by atoms with Gasteiger partial charge in [-0.2, -0.15) is 0 Å². The van der Waals surface area contributed by atoms with Crippen molar-refractivity contribution >= 4 is 0 Å². The van der Waals surface area contributed by atoms with Crippen molar-refractivity contribution < 1.29 is 0 Å². The smallest absolute Gasteiger partial charge is 0.0328 e. The maximum atomic E-state index is 5.78. The molecule has 0 spiro atoms. The van der Waals surface area contributed by atoms with Gasteiger partial charge in [-0.25, -0.2) is 0 Å². The van der Waals surface area contributed by atoms with Gasteiger partial charge in [-0.3, -0.25) is 0 Å². The van der Waals surface area contributed by atoms with E-state index < -0.39 is 0 Å². The summed E-state index contributed by atoms with van der Waals surface area (Å²) in [5.41, 5.74) is 6.91. The molecule has 1 aliphatic rings. The number of nitrogens with two attached hydrogens (primary N) is 1. The number of hydrogen-bond acceptors (Lipinski definition) is 1. The summed E-state index contributed by atoms with van der Waals surface area (Å²) in [7, 11) is 0. The van der Waals surface area contributed by atoms with Crippen molar-refractivity contribution in [3.05, 3.63) is 36.5 Å². The highest BCUT2D eigenvalue weighted by molar-refractivity contribution is 5.23. The molecule has 54 valence electrons. The number of hydrogen-bond donors (Lipinski definition) is 1. The Labute approximate surface area is 61.9 Å². The fourth-order valence-electron chi connectivity index (χ4n) is 1.12. The van der Waals surface area contributed by atoms with Crippen molar-refractivity contribution in [2.24, 2.45) is 11.7 Å². The van der Waals surface area contributed by atoms with Gasteiger partial charge in [-0.15, -0.1) is 0 Å². The van der Waals surface area contributed by atoms with Gasteiger partial charge in [-0.1, -0.05) is 36.5 Å². The molecular weight excluding hydrogens is 122 g/mol. The summed E-state index contributed by atoms with van der Waals surface area (Å²) in [5.74, 6) is 0.338. The van der Waals surface area contributed by atoms with Crippen LogP contribution < -0.4 is 5.73 Å². The zero-order chi connectivity index (χ0) is 7.56. The first kappa shape index (κ1) is 7.29. The third-order valence-corrected chi connectivity index (χ3v) is 1.75. The van der Waals surface area contributed by atoms with Crippen LogP contribution in [0, 0.1) is 5.92 Å². The molecule has 1 aliphatic carbocycles. The summed E-state index contributed by atoms with van der Waals surface area (Å²) < 4.78 is 0. The molecule has 0 aromatic rings. The minimum atomic E-state index is 0.127. The van der Waals surface area contributed by atoms with Crippen LogP contribution in [0.5, 0.6) is 0 Å². The van der Waals surface area contributed by atoms with Gasteiger partial charge in [-0.05, 0) is 6.92 Å². The molecule has 0 saturated heterocycles. The van der Waals surface area contributed by atoms with Crippen LogP contribution in [0.2, 0.25) is 0 Å². The fraction of sp³-hybridized carbons (Fsp3) is 0.333. The largest absolute Gasteiger partial charge is 0.324 e. The SMILES string of the molecule is C=C(C)[C@H]1C=CC=C[C@@H]1N. The Kier molecular flexibility index (Phi) is 2.07. The van der Waals surface area contributed by atoms with Gasteiger partial charge in [0.25, 0.3) is 0 Å². The van der Waals surface area contributed by atoms with Gasteiger partial charge in [0.1, 0.15) is 0 Å². The van der Waals surface area contributed by atoms with Gasteiger partial charge in [0.2, 0.25) is 0 Å². The topological polar surface area (TPSA) is 26.0 Å². The predicted molar refractivity (Wildman–Crippen MR) is 44.6 cm³/mol. The van der Waals surface area contributed by atoms with E-state index >= 15 is 0 Å². The summed E-state index contributed by atoms with van der Waals surface area (Å²) in [4.78, 5) is 0. The minimum absolute atomic E-state index is 0.127. The lowest BCUT2D eigenvalue weighted by Gasteiger charge is -2.19. The summed E-state index contributed by atoms with van der Waals surface area (Å²) in [6.07, 6.45) is 8.08. The van der Waals surface area contributed by atoms with Crippen molar-refractivity contribution in [3.8, 4) is 0 Å². The van der Waals surface area contributed by atoms with Crippen LogP contribution in [-0.2, 0) is 0 Å². The molecule has 0 aromatic heterocycles. The van der Waals surface area contributed by atoms with Gasteiger partial charge in [0.05, 0.1) is 0 Å². The Morgan fingerprint density at radius 3 is 2.40 bits per heavy atom. The Bertz CT molecular complexity index is 189. The van der Waals surface area contributed by atoms with Gasteiger partial charge in [0.15, 0.2) is 0 Å². The number of rotatable bonds is 1. The lowest BCUT2D eigenvalue weighted by molar-refractivity contribution is 0.652. The van der Waals surface area contributed by atoms with E-state index in [1.807, 2.05) is 25.2 Å². The molecule has 1 heteroatoms. The molecule has 0 aliphatic heterocycles. The Morgan fingerprint density at radius 2 is 2.00 bits per heavy atom.